The number of alkyl halides is 1. The van der Waals surface area contributed by atoms with E-state index in [0.29, 0.717) is 9.68 Å². The number of halogens is 1. The molecular weight excluding hydrogens is 349 g/mol. The Morgan fingerprint density at radius 3 is 2.53 bits per heavy atom. The predicted octanol–water partition coefficient (Wildman–Crippen LogP) is 3.99. The summed E-state index contributed by atoms with van der Waals surface area (Å²) in [6.45, 7) is 8.40. The van der Waals surface area contributed by atoms with Crippen LogP contribution in [0.2, 0.25) is 0 Å². The van der Waals surface area contributed by atoms with Crippen LogP contribution in [0.3, 0.4) is 0 Å². The topological polar surface area (TPSA) is 51.8 Å². The van der Waals surface area contributed by atoms with Crippen molar-refractivity contribution in [1.82, 2.24) is 15.4 Å². The maximum absolute atomic E-state index is 5.33. The molecule has 2 aromatic rings. The van der Waals surface area contributed by atoms with E-state index in [1.807, 2.05) is 6.07 Å². The molecular formula is C11H14IN3OS. The molecule has 0 radical (unpaired) electrons. The number of rotatable bonds is 2. The second-order valence-electron chi connectivity index (χ2n) is 4.89. The molecule has 0 aliphatic rings. The van der Waals surface area contributed by atoms with Crippen LogP contribution in [0.4, 0.5) is 0 Å². The zero-order chi connectivity index (χ0) is 12.6. The van der Waals surface area contributed by atoms with Gasteiger partial charge < -0.3 is 4.52 Å². The Hall–Kier alpha value is -0.500. The molecule has 0 aromatic carbocycles. The first-order valence-corrected chi connectivity index (χ1v) is 7.39. The van der Waals surface area contributed by atoms with Gasteiger partial charge in [-0.1, -0.05) is 59.9 Å². The Labute approximate surface area is 118 Å². The van der Waals surface area contributed by atoms with Gasteiger partial charge in [0.2, 0.25) is 0 Å². The monoisotopic (exact) mass is 363 g/mol. The molecule has 0 aliphatic carbocycles. The van der Waals surface area contributed by atoms with Gasteiger partial charge in [0.15, 0.2) is 10.8 Å². The second-order valence-corrected chi connectivity index (χ2v) is 7.77. The van der Waals surface area contributed by atoms with Gasteiger partial charge in [0.05, 0.1) is 9.62 Å². The van der Waals surface area contributed by atoms with Crippen LogP contribution in [0, 0.1) is 0 Å². The maximum Gasteiger partial charge on any atom is 0.197 e. The first kappa shape index (κ1) is 12.9. The smallest absolute Gasteiger partial charge is 0.197 e. The van der Waals surface area contributed by atoms with Crippen LogP contribution >= 0.6 is 33.9 Å². The van der Waals surface area contributed by atoms with Crippen molar-refractivity contribution in [2.75, 3.05) is 0 Å². The predicted molar refractivity (Wildman–Crippen MR) is 76.5 cm³/mol. The number of hydrogen-bond acceptors (Lipinski definition) is 5. The molecule has 1 atom stereocenters. The van der Waals surface area contributed by atoms with Gasteiger partial charge in [0.25, 0.3) is 0 Å². The minimum atomic E-state index is -0.00811. The van der Waals surface area contributed by atoms with Gasteiger partial charge in [-0.15, -0.1) is 10.2 Å². The Morgan fingerprint density at radius 2 is 2.06 bits per heavy atom. The van der Waals surface area contributed by atoms with Gasteiger partial charge in [-0.25, -0.2) is 0 Å². The maximum atomic E-state index is 5.33. The lowest BCUT2D eigenvalue weighted by Gasteiger charge is -2.12. The van der Waals surface area contributed by atoms with Crippen molar-refractivity contribution >= 4 is 33.9 Å². The quantitative estimate of drug-likeness (QED) is 0.598. The lowest BCUT2D eigenvalue weighted by atomic mass is 9.92. The third kappa shape index (κ3) is 2.85. The molecule has 0 aliphatic heterocycles. The molecule has 0 fully saturated rings. The van der Waals surface area contributed by atoms with Gasteiger partial charge in [-0.2, -0.15) is 0 Å². The summed E-state index contributed by atoms with van der Waals surface area (Å²) in [7, 11) is 0. The Balaban J connectivity index is 2.31. The Kier molecular flexibility index (Phi) is 3.53. The van der Waals surface area contributed by atoms with Crippen LogP contribution in [0.5, 0.6) is 0 Å². The van der Waals surface area contributed by atoms with Crippen LogP contribution in [0.1, 0.15) is 42.3 Å². The third-order valence-corrected chi connectivity index (χ3v) is 4.40. The lowest BCUT2D eigenvalue weighted by molar-refractivity contribution is 0.402. The van der Waals surface area contributed by atoms with Crippen molar-refractivity contribution in [3.8, 4) is 10.8 Å². The van der Waals surface area contributed by atoms with Crippen molar-refractivity contribution < 1.29 is 4.52 Å². The van der Waals surface area contributed by atoms with E-state index in [9.17, 15) is 0 Å². The van der Waals surface area contributed by atoms with E-state index in [0.717, 1.165) is 15.7 Å². The largest absolute Gasteiger partial charge is 0.353 e. The SMILES string of the molecule is CC(I)c1nnc(-c2cc(C(C)(C)C)no2)s1. The van der Waals surface area contributed by atoms with Crippen LogP contribution in [0.15, 0.2) is 10.6 Å². The molecule has 0 spiro atoms. The molecule has 17 heavy (non-hydrogen) atoms. The second kappa shape index (κ2) is 4.64. The van der Waals surface area contributed by atoms with Crippen LogP contribution in [-0.2, 0) is 5.41 Å². The van der Waals surface area contributed by atoms with Crippen LogP contribution in [-0.4, -0.2) is 15.4 Å². The summed E-state index contributed by atoms with van der Waals surface area (Å²) < 4.78 is 5.69. The van der Waals surface area contributed by atoms with Gasteiger partial charge in [-0.3, -0.25) is 0 Å². The van der Waals surface area contributed by atoms with Crippen molar-refractivity contribution in [3.63, 3.8) is 0 Å². The van der Waals surface area contributed by atoms with Gasteiger partial charge in [0, 0.05) is 11.5 Å². The van der Waals surface area contributed by atoms with Crippen molar-refractivity contribution in [3.05, 3.63) is 16.8 Å². The fourth-order valence-electron chi connectivity index (χ4n) is 1.22. The molecule has 4 nitrogen and oxygen atoms in total. The van der Waals surface area contributed by atoms with E-state index >= 15 is 0 Å². The van der Waals surface area contributed by atoms with Crippen LogP contribution in [0.25, 0.3) is 10.8 Å². The molecule has 1 unspecified atom stereocenters. The fourth-order valence-corrected chi connectivity index (χ4v) is 2.45. The standard InChI is InChI=1S/C11H14IN3OS/c1-6(12)9-13-14-10(17-9)7-5-8(15-16-7)11(2,3)4/h5-6H,1-4H3. The van der Waals surface area contributed by atoms with E-state index in [2.05, 4.69) is 65.6 Å². The third-order valence-electron chi connectivity index (χ3n) is 2.27. The zero-order valence-corrected chi connectivity index (χ0v) is 13.2. The summed E-state index contributed by atoms with van der Waals surface area (Å²) in [4.78, 5) is 0. The average Bonchev–Trinajstić information content (AvgIpc) is 2.85. The van der Waals surface area contributed by atoms with Crippen LogP contribution < -0.4 is 0 Å². The fraction of sp³-hybridized carbons (Fsp3) is 0.545. The first-order valence-electron chi connectivity index (χ1n) is 5.33. The highest BCUT2D eigenvalue weighted by molar-refractivity contribution is 14.1. The summed E-state index contributed by atoms with van der Waals surface area (Å²) in [5.41, 5.74) is 0.929. The molecule has 2 heterocycles. The molecule has 0 bridgehead atoms. The summed E-state index contributed by atoms with van der Waals surface area (Å²) in [5, 5.41) is 14.2. The highest BCUT2D eigenvalue weighted by Crippen LogP contribution is 2.32. The van der Waals surface area contributed by atoms with E-state index in [1.165, 1.54) is 0 Å². The lowest BCUT2D eigenvalue weighted by Crippen LogP contribution is -2.10. The molecule has 2 rings (SSSR count). The van der Waals surface area contributed by atoms with Crippen molar-refractivity contribution in [2.45, 2.75) is 37.0 Å². The van der Waals surface area contributed by atoms with Crippen molar-refractivity contribution in [1.29, 1.82) is 0 Å². The van der Waals surface area contributed by atoms with Gasteiger partial charge in [-0.05, 0) is 6.92 Å². The molecule has 92 valence electrons. The van der Waals surface area contributed by atoms with E-state index < -0.39 is 0 Å². The first-order chi connectivity index (χ1) is 7.88. The Morgan fingerprint density at radius 1 is 1.35 bits per heavy atom. The highest BCUT2D eigenvalue weighted by atomic mass is 127. The van der Waals surface area contributed by atoms with Gasteiger partial charge in [0.1, 0.15) is 5.01 Å². The summed E-state index contributed by atoms with van der Waals surface area (Å²) in [6.07, 6.45) is 0. The highest BCUT2D eigenvalue weighted by Gasteiger charge is 2.21. The minimum Gasteiger partial charge on any atom is -0.353 e. The van der Waals surface area contributed by atoms with E-state index in [1.54, 1.807) is 11.3 Å². The average molecular weight is 363 g/mol. The van der Waals surface area contributed by atoms with Crippen molar-refractivity contribution in [2.24, 2.45) is 0 Å². The molecule has 0 saturated carbocycles. The van der Waals surface area contributed by atoms with Gasteiger partial charge >= 0.3 is 0 Å². The van der Waals surface area contributed by atoms with E-state index in [-0.39, 0.29) is 5.41 Å². The molecule has 0 N–H and O–H groups in total. The molecule has 0 saturated heterocycles. The van der Waals surface area contributed by atoms with E-state index in [4.69, 9.17) is 4.52 Å². The minimum absolute atomic E-state index is 0.00811. The summed E-state index contributed by atoms with van der Waals surface area (Å²) in [5.74, 6) is 0.704. The Bertz CT molecular complexity index is 513. The number of aromatic nitrogens is 3. The molecule has 6 heteroatoms. The summed E-state index contributed by atoms with van der Waals surface area (Å²) >= 11 is 3.88. The molecule has 2 aromatic heterocycles. The number of nitrogens with zero attached hydrogens (tertiary/aromatic N) is 3. The molecule has 0 amide bonds. The normalized spacial score (nSPS) is 13.9. The summed E-state index contributed by atoms with van der Waals surface area (Å²) in [6, 6.07) is 1.95. The zero-order valence-electron chi connectivity index (χ0n) is 10.2. The number of hydrogen-bond donors (Lipinski definition) is 0.